The van der Waals surface area contributed by atoms with E-state index in [0.29, 0.717) is 39.5 Å². The quantitative estimate of drug-likeness (QED) is 0.594. The molecule has 0 bridgehead atoms. The molecule has 0 aliphatic heterocycles. The lowest BCUT2D eigenvalue weighted by molar-refractivity contribution is -0.115. The Kier molecular flexibility index (Phi) is 4.10. The molecule has 0 radical (unpaired) electrons. The number of amides is 1. The SMILES string of the molecule is Cc1noc(-c2ccc3nnc(CC(=O)Nc4ccccc4Cl)n3c2)n1. The van der Waals surface area contributed by atoms with E-state index in [0.717, 1.165) is 0 Å². The first-order chi connectivity index (χ1) is 12.6. The maximum absolute atomic E-state index is 12.3. The molecule has 3 heterocycles. The van der Waals surface area contributed by atoms with Gasteiger partial charge in [-0.3, -0.25) is 9.20 Å². The van der Waals surface area contributed by atoms with Gasteiger partial charge in [0, 0.05) is 6.20 Å². The van der Waals surface area contributed by atoms with Gasteiger partial charge in [0.05, 0.1) is 22.7 Å². The number of anilines is 1. The van der Waals surface area contributed by atoms with Crippen molar-refractivity contribution in [2.45, 2.75) is 13.3 Å². The van der Waals surface area contributed by atoms with E-state index in [2.05, 4.69) is 25.7 Å². The van der Waals surface area contributed by atoms with E-state index in [1.807, 2.05) is 6.07 Å². The number of para-hydroxylation sites is 1. The summed E-state index contributed by atoms with van der Waals surface area (Å²) in [5.41, 5.74) is 1.88. The van der Waals surface area contributed by atoms with E-state index in [4.69, 9.17) is 16.1 Å². The highest BCUT2D eigenvalue weighted by Gasteiger charge is 2.14. The molecule has 0 saturated carbocycles. The predicted molar refractivity (Wildman–Crippen MR) is 94.8 cm³/mol. The molecule has 26 heavy (non-hydrogen) atoms. The predicted octanol–water partition coefficient (Wildman–Crippen LogP) is 2.92. The average Bonchev–Trinajstić information content (AvgIpc) is 3.23. The summed E-state index contributed by atoms with van der Waals surface area (Å²) < 4.78 is 6.90. The Balaban J connectivity index is 1.60. The number of carbonyl (C=O) groups excluding carboxylic acids is 1. The van der Waals surface area contributed by atoms with Gasteiger partial charge in [-0.2, -0.15) is 4.98 Å². The number of nitrogens with zero attached hydrogens (tertiary/aromatic N) is 5. The van der Waals surface area contributed by atoms with Gasteiger partial charge in [-0.05, 0) is 31.2 Å². The molecule has 130 valence electrons. The van der Waals surface area contributed by atoms with Gasteiger partial charge in [0.1, 0.15) is 5.82 Å². The van der Waals surface area contributed by atoms with Crippen LogP contribution in [0.2, 0.25) is 5.02 Å². The van der Waals surface area contributed by atoms with E-state index < -0.39 is 0 Å². The molecule has 0 aliphatic rings. The van der Waals surface area contributed by atoms with Gasteiger partial charge in [0.2, 0.25) is 5.91 Å². The zero-order valence-corrected chi connectivity index (χ0v) is 14.4. The number of benzene rings is 1. The molecule has 0 aliphatic carbocycles. The standard InChI is InChI=1S/C17H13ClN6O2/c1-10-19-17(26-23-10)11-6-7-14-21-22-15(24(14)9-11)8-16(25)20-13-5-3-2-4-12(13)18/h2-7,9H,8H2,1H3,(H,20,25). The molecular formula is C17H13ClN6O2. The highest BCUT2D eigenvalue weighted by Crippen LogP contribution is 2.21. The Morgan fingerprint density at radius 2 is 2.08 bits per heavy atom. The summed E-state index contributed by atoms with van der Waals surface area (Å²) in [5.74, 6) is 1.18. The number of hydrogen-bond acceptors (Lipinski definition) is 6. The smallest absolute Gasteiger partial charge is 0.259 e. The van der Waals surface area contributed by atoms with Gasteiger partial charge in [0.25, 0.3) is 5.89 Å². The largest absolute Gasteiger partial charge is 0.334 e. The van der Waals surface area contributed by atoms with Crippen LogP contribution in [0, 0.1) is 6.92 Å². The lowest BCUT2D eigenvalue weighted by Gasteiger charge is -2.06. The summed E-state index contributed by atoms with van der Waals surface area (Å²) in [6, 6.07) is 10.6. The zero-order chi connectivity index (χ0) is 18.1. The molecule has 0 saturated heterocycles. The molecule has 1 amide bonds. The number of halogens is 1. The maximum Gasteiger partial charge on any atom is 0.259 e. The fourth-order valence-electron chi connectivity index (χ4n) is 2.50. The lowest BCUT2D eigenvalue weighted by atomic mass is 10.2. The minimum atomic E-state index is -0.244. The molecule has 0 unspecified atom stereocenters. The van der Waals surface area contributed by atoms with Crippen molar-refractivity contribution in [1.82, 2.24) is 24.7 Å². The van der Waals surface area contributed by atoms with Crippen LogP contribution in [0.3, 0.4) is 0 Å². The molecule has 3 aromatic heterocycles. The van der Waals surface area contributed by atoms with Gasteiger partial charge in [-0.15, -0.1) is 10.2 Å². The molecule has 8 nitrogen and oxygen atoms in total. The normalized spacial score (nSPS) is 11.0. The second-order valence-corrected chi connectivity index (χ2v) is 6.02. The van der Waals surface area contributed by atoms with Gasteiger partial charge in [-0.25, -0.2) is 0 Å². The van der Waals surface area contributed by atoms with Crippen molar-refractivity contribution >= 4 is 28.8 Å². The van der Waals surface area contributed by atoms with E-state index in [-0.39, 0.29) is 12.3 Å². The van der Waals surface area contributed by atoms with Crippen LogP contribution in [0.25, 0.3) is 17.1 Å². The first-order valence-electron chi connectivity index (χ1n) is 7.79. The highest BCUT2D eigenvalue weighted by atomic mass is 35.5. The van der Waals surface area contributed by atoms with Crippen LogP contribution < -0.4 is 5.32 Å². The van der Waals surface area contributed by atoms with E-state index in [1.54, 1.807) is 47.9 Å². The first-order valence-corrected chi connectivity index (χ1v) is 8.17. The molecule has 1 N–H and O–H groups in total. The van der Waals surface area contributed by atoms with Crippen molar-refractivity contribution < 1.29 is 9.32 Å². The zero-order valence-electron chi connectivity index (χ0n) is 13.7. The first kappa shape index (κ1) is 16.2. The number of fused-ring (bicyclic) bond motifs is 1. The number of rotatable bonds is 4. The van der Waals surface area contributed by atoms with Gasteiger partial charge < -0.3 is 9.84 Å². The summed E-state index contributed by atoms with van der Waals surface area (Å²) in [6.45, 7) is 1.74. The lowest BCUT2D eigenvalue weighted by Crippen LogP contribution is -2.16. The number of carbonyl (C=O) groups is 1. The average molecular weight is 369 g/mol. The summed E-state index contributed by atoms with van der Waals surface area (Å²) in [6.07, 6.45) is 1.80. The number of hydrogen-bond donors (Lipinski definition) is 1. The molecule has 1 aromatic carbocycles. The van der Waals surface area contributed by atoms with Gasteiger partial charge in [0.15, 0.2) is 11.5 Å². The Morgan fingerprint density at radius 3 is 2.85 bits per heavy atom. The number of pyridine rings is 1. The molecule has 4 aromatic rings. The van der Waals surface area contributed by atoms with Gasteiger partial charge >= 0.3 is 0 Å². The monoisotopic (exact) mass is 368 g/mol. The second kappa shape index (κ2) is 6.57. The van der Waals surface area contributed by atoms with Crippen molar-refractivity contribution in [3.63, 3.8) is 0 Å². The number of aryl methyl sites for hydroxylation is 1. The van der Waals surface area contributed by atoms with Crippen molar-refractivity contribution in [1.29, 1.82) is 0 Å². The fraction of sp³-hybridized carbons (Fsp3) is 0.118. The third kappa shape index (κ3) is 3.14. The fourth-order valence-corrected chi connectivity index (χ4v) is 2.68. The minimum absolute atomic E-state index is 0.0404. The summed E-state index contributed by atoms with van der Waals surface area (Å²) >= 11 is 6.06. The molecule has 0 spiro atoms. The number of aromatic nitrogens is 5. The Hall–Kier alpha value is -3.26. The molecule has 0 fully saturated rings. The highest BCUT2D eigenvalue weighted by molar-refractivity contribution is 6.33. The Labute approximate surface area is 152 Å². The van der Waals surface area contributed by atoms with Crippen molar-refractivity contribution in [3.8, 4) is 11.5 Å². The van der Waals surface area contributed by atoms with Crippen LogP contribution in [-0.2, 0) is 11.2 Å². The third-order valence-electron chi connectivity index (χ3n) is 3.71. The van der Waals surface area contributed by atoms with Crippen LogP contribution in [0.4, 0.5) is 5.69 Å². The molecular weight excluding hydrogens is 356 g/mol. The van der Waals surface area contributed by atoms with E-state index in [1.165, 1.54) is 0 Å². The number of nitrogens with one attached hydrogen (secondary N) is 1. The minimum Gasteiger partial charge on any atom is -0.334 e. The van der Waals surface area contributed by atoms with Crippen molar-refractivity contribution in [3.05, 3.63) is 59.3 Å². The third-order valence-corrected chi connectivity index (χ3v) is 4.04. The van der Waals surface area contributed by atoms with Crippen LogP contribution in [-0.4, -0.2) is 30.6 Å². The Morgan fingerprint density at radius 1 is 1.23 bits per heavy atom. The summed E-state index contributed by atoms with van der Waals surface area (Å²) in [4.78, 5) is 16.5. The molecule has 9 heteroatoms. The second-order valence-electron chi connectivity index (χ2n) is 5.61. The Bertz CT molecular complexity index is 1100. The molecule has 0 atom stereocenters. The van der Waals surface area contributed by atoms with Crippen LogP contribution in [0.5, 0.6) is 0 Å². The van der Waals surface area contributed by atoms with Crippen LogP contribution in [0.1, 0.15) is 11.6 Å². The van der Waals surface area contributed by atoms with Crippen LogP contribution >= 0.6 is 11.6 Å². The van der Waals surface area contributed by atoms with Crippen molar-refractivity contribution in [2.24, 2.45) is 0 Å². The summed E-state index contributed by atoms with van der Waals surface area (Å²) in [7, 11) is 0. The maximum atomic E-state index is 12.3. The van der Waals surface area contributed by atoms with Crippen molar-refractivity contribution in [2.75, 3.05) is 5.32 Å². The topological polar surface area (TPSA) is 98.2 Å². The van der Waals surface area contributed by atoms with E-state index >= 15 is 0 Å². The molecule has 4 rings (SSSR count). The van der Waals surface area contributed by atoms with Crippen LogP contribution in [0.15, 0.2) is 47.1 Å². The summed E-state index contributed by atoms with van der Waals surface area (Å²) in [5, 5.41) is 15.2. The van der Waals surface area contributed by atoms with Gasteiger partial charge in [-0.1, -0.05) is 28.9 Å². The van der Waals surface area contributed by atoms with E-state index in [9.17, 15) is 4.79 Å².